The first-order valence-corrected chi connectivity index (χ1v) is 8.29. The lowest BCUT2D eigenvalue weighted by molar-refractivity contribution is 0.225. The van der Waals surface area contributed by atoms with Crippen molar-refractivity contribution in [2.45, 2.75) is 46.1 Å². The maximum absolute atomic E-state index is 12.2. The molecule has 0 fully saturated rings. The van der Waals surface area contributed by atoms with E-state index in [1.807, 2.05) is 0 Å². The van der Waals surface area contributed by atoms with Crippen molar-refractivity contribution < 1.29 is 9.90 Å². The first-order valence-electron chi connectivity index (χ1n) is 8.29. The molecule has 122 valence electrons. The summed E-state index contributed by atoms with van der Waals surface area (Å²) in [6.07, 6.45) is 2.71. The van der Waals surface area contributed by atoms with Gasteiger partial charge in [-0.05, 0) is 42.7 Å². The molecule has 0 aliphatic heterocycles. The standard InChI is InChI=1S/C18H28N2O2/c1-4-14(7-8-21)11-19-18(22)20-17-13(3)10-15-6-5-12(2)9-16(15)17/h5-6,9,13-14,17,21H,4,7-8,10-11H2,1-3H3,(H2,19,20,22). The largest absolute Gasteiger partial charge is 0.396 e. The third kappa shape index (κ3) is 4.01. The Kier molecular flexibility index (Phi) is 5.83. The van der Waals surface area contributed by atoms with Crippen LogP contribution in [0.5, 0.6) is 0 Å². The SMILES string of the molecule is CCC(CCO)CNC(=O)NC1c2cc(C)ccc2CC1C. The van der Waals surface area contributed by atoms with Gasteiger partial charge in [-0.3, -0.25) is 0 Å². The molecule has 0 heterocycles. The van der Waals surface area contributed by atoms with Crippen LogP contribution in [0.1, 0.15) is 49.4 Å². The zero-order valence-electron chi connectivity index (χ0n) is 13.9. The van der Waals surface area contributed by atoms with Crippen LogP contribution in [-0.4, -0.2) is 24.3 Å². The summed E-state index contributed by atoms with van der Waals surface area (Å²) in [5.74, 6) is 0.758. The predicted molar refractivity (Wildman–Crippen MR) is 88.8 cm³/mol. The number of aryl methyl sites for hydroxylation is 1. The molecule has 2 amide bonds. The molecule has 2 rings (SSSR count). The number of aliphatic hydroxyl groups excluding tert-OH is 1. The lowest BCUT2D eigenvalue weighted by Gasteiger charge is -2.21. The molecule has 22 heavy (non-hydrogen) atoms. The van der Waals surface area contributed by atoms with Crippen molar-refractivity contribution >= 4 is 6.03 Å². The maximum atomic E-state index is 12.2. The Hall–Kier alpha value is -1.55. The number of hydrogen-bond donors (Lipinski definition) is 3. The second kappa shape index (κ2) is 7.63. The van der Waals surface area contributed by atoms with E-state index in [1.54, 1.807) is 0 Å². The minimum atomic E-state index is -0.109. The van der Waals surface area contributed by atoms with E-state index in [2.05, 4.69) is 49.6 Å². The van der Waals surface area contributed by atoms with E-state index >= 15 is 0 Å². The fourth-order valence-corrected chi connectivity index (χ4v) is 3.24. The maximum Gasteiger partial charge on any atom is 0.315 e. The van der Waals surface area contributed by atoms with Crippen LogP contribution in [-0.2, 0) is 6.42 Å². The van der Waals surface area contributed by atoms with Crippen molar-refractivity contribution in [2.75, 3.05) is 13.2 Å². The average molecular weight is 304 g/mol. The summed E-state index contributed by atoms with van der Waals surface area (Å²) < 4.78 is 0. The Bertz CT molecular complexity index is 516. The van der Waals surface area contributed by atoms with E-state index in [0.29, 0.717) is 18.4 Å². The fourth-order valence-electron chi connectivity index (χ4n) is 3.24. The Balaban J connectivity index is 1.93. The van der Waals surface area contributed by atoms with E-state index in [-0.39, 0.29) is 18.7 Å². The third-order valence-corrected chi connectivity index (χ3v) is 4.70. The quantitative estimate of drug-likeness (QED) is 0.756. The lowest BCUT2D eigenvalue weighted by Crippen LogP contribution is -2.41. The lowest BCUT2D eigenvalue weighted by atomic mass is 10.0. The molecule has 4 heteroatoms. The number of nitrogens with one attached hydrogen (secondary N) is 2. The Morgan fingerprint density at radius 3 is 2.91 bits per heavy atom. The molecule has 0 saturated carbocycles. The molecule has 1 aromatic rings. The summed E-state index contributed by atoms with van der Waals surface area (Å²) in [6.45, 7) is 7.14. The molecule has 0 aromatic heterocycles. The Morgan fingerprint density at radius 2 is 2.23 bits per heavy atom. The van der Waals surface area contributed by atoms with Crippen molar-refractivity contribution in [1.29, 1.82) is 0 Å². The first-order chi connectivity index (χ1) is 10.5. The van der Waals surface area contributed by atoms with Gasteiger partial charge in [0.15, 0.2) is 0 Å². The fraction of sp³-hybridized carbons (Fsp3) is 0.611. The first kappa shape index (κ1) is 16.8. The molecule has 0 spiro atoms. The topological polar surface area (TPSA) is 61.4 Å². The number of urea groups is 1. The molecule has 3 unspecified atom stereocenters. The monoisotopic (exact) mass is 304 g/mol. The van der Waals surface area contributed by atoms with Crippen molar-refractivity contribution in [1.82, 2.24) is 10.6 Å². The van der Waals surface area contributed by atoms with Crippen LogP contribution in [0.4, 0.5) is 4.79 Å². The summed E-state index contributed by atoms with van der Waals surface area (Å²) >= 11 is 0. The normalized spacial score (nSPS) is 21.3. The van der Waals surface area contributed by atoms with Gasteiger partial charge in [0.05, 0.1) is 6.04 Å². The molecular formula is C18H28N2O2. The summed E-state index contributed by atoms with van der Waals surface area (Å²) in [5, 5.41) is 15.1. The third-order valence-electron chi connectivity index (χ3n) is 4.70. The molecule has 1 aliphatic rings. The van der Waals surface area contributed by atoms with Gasteiger partial charge >= 0.3 is 6.03 Å². The van der Waals surface area contributed by atoms with Gasteiger partial charge in [-0.15, -0.1) is 0 Å². The van der Waals surface area contributed by atoms with Crippen LogP contribution >= 0.6 is 0 Å². The molecule has 0 saturated heterocycles. The van der Waals surface area contributed by atoms with E-state index in [0.717, 1.165) is 19.3 Å². The number of benzene rings is 1. The highest BCUT2D eigenvalue weighted by Gasteiger charge is 2.30. The van der Waals surface area contributed by atoms with Gasteiger partial charge in [-0.25, -0.2) is 4.79 Å². The zero-order valence-corrected chi connectivity index (χ0v) is 13.9. The van der Waals surface area contributed by atoms with Crippen LogP contribution in [0.2, 0.25) is 0 Å². The highest BCUT2D eigenvalue weighted by molar-refractivity contribution is 5.74. The van der Waals surface area contributed by atoms with Gasteiger partial charge in [0.1, 0.15) is 0 Å². The van der Waals surface area contributed by atoms with Crippen molar-refractivity contribution in [3.05, 3.63) is 34.9 Å². The number of hydrogen-bond acceptors (Lipinski definition) is 2. The van der Waals surface area contributed by atoms with Crippen molar-refractivity contribution in [3.8, 4) is 0 Å². The smallest absolute Gasteiger partial charge is 0.315 e. The number of aliphatic hydroxyl groups is 1. The van der Waals surface area contributed by atoms with Crippen molar-refractivity contribution in [3.63, 3.8) is 0 Å². The van der Waals surface area contributed by atoms with Gasteiger partial charge < -0.3 is 15.7 Å². The second-order valence-corrected chi connectivity index (χ2v) is 6.50. The van der Waals surface area contributed by atoms with Gasteiger partial charge in [-0.2, -0.15) is 0 Å². The molecule has 3 atom stereocenters. The minimum absolute atomic E-state index is 0.0906. The number of carbonyl (C=O) groups excluding carboxylic acids is 1. The highest BCUT2D eigenvalue weighted by atomic mass is 16.3. The number of amides is 2. The van der Waals surface area contributed by atoms with E-state index < -0.39 is 0 Å². The molecule has 1 aliphatic carbocycles. The van der Waals surface area contributed by atoms with Gasteiger partial charge in [-0.1, -0.05) is 44.0 Å². The van der Waals surface area contributed by atoms with Crippen LogP contribution < -0.4 is 10.6 Å². The van der Waals surface area contributed by atoms with Gasteiger partial charge in [0, 0.05) is 13.2 Å². The van der Waals surface area contributed by atoms with Crippen LogP contribution in [0.25, 0.3) is 0 Å². The molecule has 4 nitrogen and oxygen atoms in total. The van der Waals surface area contributed by atoms with Crippen molar-refractivity contribution in [2.24, 2.45) is 11.8 Å². The highest BCUT2D eigenvalue weighted by Crippen LogP contribution is 2.36. The van der Waals surface area contributed by atoms with Gasteiger partial charge in [0.25, 0.3) is 0 Å². The summed E-state index contributed by atoms with van der Waals surface area (Å²) in [4.78, 5) is 12.2. The summed E-state index contributed by atoms with van der Waals surface area (Å²) in [5.41, 5.74) is 3.83. The number of rotatable bonds is 6. The minimum Gasteiger partial charge on any atom is -0.396 e. The Labute approximate surface area is 133 Å². The van der Waals surface area contributed by atoms with E-state index in [1.165, 1.54) is 16.7 Å². The Morgan fingerprint density at radius 1 is 1.45 bits per heavy atom. The molecule has 0 radical (unpaired) electrons. The number of carbonyl (C=O) groups is 1. The van der Waals surface area contributed by atoms with E-state index in [4.69, 9.17) is 5.11 Å². The average Bonchev–Trinajstić information content (AvgIpc) is 2.79. The molecule has 3 N–H and O–H groups in total. The van der Waals surface area contributed by atoms with Crippen LogP contribution in [0.3, 0.4) is 0 Å². The molecule has 0 bridgehead atoms. The molecular weight excluding hydrogens is 276 g/mol. The van der Waals surface area contributed by atoms with E-state index in [9.17, 15) is 4.79 Å². The summed E-state index contributed by atoms with van der Waals surface area (Å²) in [6, 6.07) is 6.48. The predicted octanol–water partition coefficient (Wildman–Crippen LogP) is 2.94. The summed E-state index contributed by atoms with van der Waals surface area (Å²) in [7, 11) is 0. The van der Waals surface area contributed by atoms with Crippen LogP contribution in [0, 0.1) is 18.8 Å². The van der Waals surface area contributed by atoms with Gasteiger partial charge in [0.2, 0.25) is 0 Å². The van der Waals surface area contributed by atoms with Crippen LogP contribution in [0.15, 0.2) is 18.2 Å². The number of fused-ring (bicyclic) bond motifs is 1. The second-order valence-electron chi connectivity index (χ2n) is 6.50. The molecule has 1 aromatic carbocycles. The zero-order chi connectivity index (χ0) is 16.1.